The molecule has 0 radical (unpaired) electrons. The first-order valence-electron chi connectivity index (χ1n) is 11.2. The van der Waals surface area contributed by atoms with Gasteiger partial charge in [0, 0.05) is 37.8 Å². The molecule has 2 aliphatic rings. The van der Waals surface area contributed by atoms with E-state index < -0.39 is 17.5 Å². The lowest BCUT2D eigenvalue weighted by molar-refractivity contribution is -0.121. The first-order chi connectivity index (χ1) is 16.5. The molecule has 2 aliphatic heterocycles. The van der Waals surface area contributed by atoms with Crippen molar-refractivity contribution in [2.24, 2.45) is 5.92 Å². The lowest BCUT2D eigenvalue weighted by Gasteiger charge is -2.39. The summed E-state index contributed by atoms with van der Waals surface area (Å²) in [6, 6.07) is 14.1. The highest BCUT2D eigenvalue weighted by Crippen LogP contribution is 2.32. The van der Waals surface area contributed by atoms with Gasteiger partial charge in [-0.15, -0.1) is 5.10 Å². The molecule has 7 nitrogen and oxygen atoms in total. The standard InChI is InChI=1S/C25H23F2N5O2/c26-19-5-8-21(22(27)12-19)25(34)31-14-18(15-31)16-3-6-20(7-4-16)32(23-2-1-10-29-30-23)24(33)17-9-11-28-13-17/h1-8,10,12,17-18,28H,9,11,13-15H2/t17-/m0/s1. The van der Waals surface area contributed by atoms with Crippen LogP contribution in [0.5, 0.6) is 0 Å². The number of hydrogen-bond acceptors (Lipinski definition) is 5. The Morgan fingerprint density at radius 1 is 1.06 bits per heavy atom. The molecule has 2 saturated heterocycles. The van der Waals surface area contributed by atoms with Gasteiger partial charge in [0.2, 0.25) is 5.91 Å². The van der Waals surface area contributed by atoms with Crippen molar-refractivity contribution in [3.05, 3.63) is 83.6 Å². The Morgan fingerprint density at radius 2 is 1.85 bits per heavy atom. The second-order valence-electron chi connectivity index (χ2n) is 8.57. The Balaban J connectivity index is 1.30. The molecule has 2 fully saturated rings. The summed E-state index contributed by atoms with van der Waals surface area (Å²) in [5.74, 6) is -1.61. The van der Waals surface area contributed by atoms with Crippen LogP contribution in [0.1, 0.15) is 28.3 Å². The molecular formula is C25H23F2N5O2. The third-order valence-electron chi connectivity index (χ3n) is 6.37. The van der Waals surface area contributed by atoms with Crippen molar-refractivity contribution in [1.82, 2.24) is 20.4 Å². The van der Waals surface area contributed by atoms with Crippen LogP contribution in [-0.4, -0.2) is 53.1 Å². The normalized spacial score (nSPS) is 17.9. The summed E-state index contributed by atoms with van der Waals surface area (Å²) >= 11 is 0. The van der Waals surface area contributed by atoms with Gasteiger partial charge in [0.1, 0.15) is 11.6 Å². The fourth-order valence-corrected chi connectivity index (χ4v) is 4.42. The number of benzene rings is 2. The van der Waals surface area contributed by atoms with Crippen LogP contribution in [0.25, 0.3) is 0 Å². The van der Waals surface area contributed by atoms with Crippen LogP contribution in [-0.2, 0) is 4.79 Å². The summed E-state index contributed by atoms with van der Waals surface area (Å²) in [5, 5.41) is 11.3. The molecule has 174 valence electrons. The fraction of sp³-hybridized carbons (Fsp3) is 0.280. The third-order valence-corrected chi connectivity index (χ3v) is 6.37. The Hall–Kier alpha value is -3.72. The molecule has 1 atom stereocenters. The van der Waals surface area contributed by atoms with E-state index in [0.29, 0.717) is 31.1 Å². The van der Waals surface area contributed by atoms with Crippen molar-refractivity contribution in [2.45, 2.75) is 12.3 Å². The quantitative estimate of drug-likeness (QED) is 0.629. The molecular weight excluding hydrogens is 440 g/mol. The van der Waals surface area contributed by atoms with Gasteiger partial charge in [0.25, 0.3) is 5.91 Å². The summed E-state index contributed by atoms with van der Waals surface area (Å²) in [7, 11) is 0. The number of anilines is 2. The van der Waals surface area contributed by atoms with Crippen LogP contribution in [0.15, 0.2) is 60.8 Å². The topological polar surface area (TPSA) is 78.4 Å². The molecule has 0 aliphatic carbocycles. The Morgan fingerprint density at radius 3 is 2.50 bits per heavy atom. The molecule has 5 rings (SSSR count). The monoisotopic (exact) mass is 463 g/mol. The number of hydrogen-bond donors (Lipinski definition) is 1. The minimum absolute atomic E-state index is 0.0278. The number of likely N-dealkylation sites (tertiary alicyclic amines) is 1. The first kappa shape index (κ1) is 22.1. The lowest BCUT2D eigenvalue weighted by Crippen LogP contribution is -2.48. The number of carbonyl (C=O) groups excluding carboxylic acids is 2. The molecule has 0 unspecified atom stereocenters. The van der Waals surface area contributed by atoms with Gasteiger partial charge in [-0.05, 0) is 54.9 Å². The van der Waals surface area contributed by atoms with Gasteiger partial charge < -0.3 is 10.2 Å². The zero-order chi connectivity index (χ0) is 23.7. The van der Waals surface area contributed by atoms with Crippen molar-refractivity contribution in [1.29, 1.82) is 0 Å². The molecule has 1 aromatic heterocycles. The molecule has 3 aromatic rings. The van der Waals surface area contributed by atoms with Crippen molar-refractivity contribution in [2.75, 3.05) is 31.1 Å². The maximum absolute atomic E-state index is 13.9. The lowest BCUT2D eigenvalue weighted by atomic mass is 9.90. The number of carbonyl (C=O) groups is 2. The summed E-state index contributed by atoms with van der Waals surface area (Å²) in [5.41, 5.74) is 1.58. The highest BCUT2D eigenvalue weighted by atomic mass is 19.1. The predicted molar refractivity (Wildman–Crippen MR) is 122 cm³/mol. The van der Waals surface area contributed by atoms with Crippen molar-refractivity contribution in [3.63, 3.8) is 0 Å². The molecule has 2 aromatic carbocycles. The maximum atomic E-state index is 13.9. The van der Waals surface area contributed by atoms with Crippen molar-refractivity contribution in [3.8, 4) is 0 Å². The minimum atomic E-state index is -0.857. The van der Waals surface area contributed by atoms with Crippen LogP contribution in [0.2, 0.25) is 0 Å². The molecule has 9 heteroatoms. The SMILES string of the molecule is O=C(c1ccc(F)cc1F)N1CC(c2ccc(N(C(=O)[C@H]3CCNC3)c3cccnn3)cc2)C1. The maximum Gasteiger partial charge on any atom is 0.256 e. The molecule has 0 bridgehead atoms. The zero-order valence-electron chi connectivity index (χ0n) is 18.3. The van der Waals surface area contributed by atoms with E-state index in [-0.39, 0.29) is 23.3 Å². The van der Waals surface area contributed by atoms with Crippen LogP contribution in [0.4, 0.5) is 20.3 Å². The first-order valence-corrected chi connectivity index (χ1v) is 11.2. The molecule has 34 heavy (non-hydrogen) atoms. The summed E-state index contributed by atoms with van der Waals surface area (Å²) in [4.78, 5) is 28.9. The molecule has 3 heterocycles. The zero-order valence-corrected chi connectivity index (χ0v) is 18.3. The highest BCUT2D eigenvalue weighted by Gasteiger charge is 2.34. The number of nitrogens with one attached hydrogen (secondary N) is 1. The predicted octanol–water partition coefficient (Wildman–Crippen LogP) is 3.27. The van der Waals surface area contributed by atoms with E-state index >= 15 is 0 Å². The number of nitrogens with zero attached hydrogens (tertiary/aromatic N) is 4. The number of amides is 2. The summed E-state index contributed by atoms with van der Waals surface area (Å²) in [6.07, 6.45) is 2.34. The van der Waals surface area contributed by atoms with Gasteiger partial charge in [-0.2, -0.15) is 5.10 Å². The largest absolute Gasteiger partial charge is 0.337 e. The highest BCUT2D eigenvalue weighted by molar-refractivity contribution is 6.01. The summed E-state index contributed by atoms with van der Waals surface area (Å²) in [6.45, 7) is 2.32. The third kappa shape index (κ3) is 4.26. The van der Waals surface area contributed by atoms with E-state index in [4.69, 9.17) is 0 Å². The van der Waals surface area contributed by atoms with E-state index in [1.165, 1.54) is 11.0 Å². The van der Waals surface area contributed by atoms with Crippen molar-refractivity contribution >= 4 is 23.3 Å². The Kier molecular flexibility index (Phi) is 6.02. The van der Waals surface area contributed by atoms with Crippen LogP contribution >= 0.6 is 0 Å². The van der Waals surface area contributed by atoms with E-state index in [1.807, 2.05) is 24.3 Å². The van der Waals surface area contributed by atoms with Gasteiger partial charge in [-0.1, -0.05) is 12.1 Å². The summed E-state index contributed by atoms with van der Waals surface area (Å²) < 4.78 is 27.1. The van der Waals surface area contributed by atoms with Crippen molar-refractivity contribution < 1.29 is 18.4 Å². The smallest absolute Gasteiger partial charge is 0.256 e. The Labute approximate surface area is 195 Å². The molecule has 0 saturated carbocycles. The van der Waals surface area contributed by atoms with Gasteiger partial charge in [-0.3, -0.25) is 14.5 Å². The van der Waals surface area contributed by atoms with Gasteiger partial charge in [0.15, 0.2) is 5.82 Å². The number of aromatic nitrogens is 2. The number of halogens is 2. The second-order valence-corrected chi connectivity index (χ2v) is 8.57. The number of rotatable bonds is 5. The van der Waals surface area contributed by atoms with Crippen LogP contribution < -0.4 is 10.2 Å². The Bertz CT molecular complexity index is 1190. The minimum Gasteiger partial charge on any atom is -0.337 e. The van der Waals surface area contributed by atoms with Crippen LogP contribution in [0, 0.1) is 17.6 Å². The second kappa shape index (κ2) is 9.26. The average molecular weight is 463 g/mol. The van der Waals surface area contributed by atoms with Gasteiger partial charge in [0.05, 0.1) is 17.2 Å². The van der Waals surface area contributed by atoms with E-state index in [1.54, 1.807) is 23.2 Å². The van der Waals surface area contributed by atoms with E-state index in [9.17, 15) is 18.4 Å². The van der Waals surface area contributed by atoms with Crippen LogP contribution in [0.3, 0.4) is 0 Å². The average Bonchev–Trinajstić information content (AvgIpc) is 3.35. The fourth-order valence-electron chi connectivity index (χ4n) is 4.42. The molecule has 1 N–H and O–H groups in total. The van der Waals surface area contributed by atoms with E-state index in [2.05, 4.69) is 15.5 Å². The van der Waals surface area contributed by atoms with Gasteiger partial charge in [-0.25, -0.2) is 8.78 Å². The molecule has 2 amide bonds. The van der Waals surface area contributed by atoms with Gasteiger partial charge >= 0.3 is 0 Å². The molecule has 0 spiro atoms. The van der Waals surface area contributed by atoms with E-state index in [0.717, 1.165) is 30.7 Å².